The lowest BCUT2D eigenvalue weighted by molar-refractivity contribution is -0.384. The molecule has 0 aliphatic heterocycles. The van der Waals surface area contributed by atoms with Gasteiger partial charge in [-0.2, -0.15) is 0 Å². The van der Waals surface area contributed by atoms with E-state index in [1.165, 1.54) is 19.2 Å². The van der Waals surface area contributed by atoms with E-state index in [-0.39, 0.29) is 22.9 Å². The predicted octanol–water partition coefficient (Wildman–Crippen LogP) is 1.44. The lowest BCUT2D eigenvalue weighted by atomic mass is 10.0. The summed E-state index contributed by atoms with van der Waals surface area (Å²) < 4.78 is 4.97. The van der Waals surface area contributed by atoms with Gasteiger partial charge in [-0.1, -0.05) is 13.8 Å². The number of benzene rings is 1. The Morgan fingerprint density at radius 3 is 2.43 bits per heavy atom. The van der Waals surface area contributed by atoms with Crippen LogP contribution >= 0.6 is 0 Å². The molecular weight excluding hydrogens is 280 g/mol. The van der Waals surface area contributed by atoms with Gasteiger partial charge in [-0.3, -0.25) is 14.9 Å². The van der Waals surface area contributed by atoms with Gasteiger partial charge in [-0.15, -0.1) is 0 Å². The molecule has 0 spiro atoms. The molecule has 8 nitrogen and oxygen atoms in total. The fourth-order valence-corrected chi connectivity index (χ4v) is 1.72. The summed E-state index contributed by atoms with van der Waals surface area (Å²) >= 11 is 0. The molecule has 0 saturated carbocycles. The fourth-order valence-electron chi connectivity index (χ4n) is 1.72. The van der Waals surface area contributed by atoms with Gasteiger partial charge in [0.2, 0.25) is 0 Å². The second kappa shape index (κ2) is 6.69. The summed E-state index contributed by atoms with van der Waals surface area (Å²) in [7, 11) is 1.31. The van der Waals surface area contributed by atoms with Crippen LogP contribution in [0.25, 0.3) is 0 Å². The first-order chi connectivity index (χ1) is 9.77. The summed E-state index contributed by atoms with van der Waals surface area (Å²) in [5, 5.41) is 22.1. The number of hydrogen-bond acceptors (Lipinski definition) is 5. The number of nitro groups is 1. The zero-order valence-corrected chi connectivity index (χ0v) is 11.8. The molecule has 0 aliphatic rings. The Kier molecular flexibility index (Phi) is 5.23. The smallest absolute Gasteiger partial charge is 0.326 e. The average molecular weight is 296 g/mol. The van der Waals surface area contributed by atoms with E-state index in [0.717, 1.165) is 6.07 Å². The molecule has 0 fully saturated rings. The highest BCUT2D eigenvalue weighted by atomic mass is 16.6. The van der Waals surface area contributed by atoms with Crippen molar-refractivity contribution < 1.29 is 24.4 Å². The Bertz CT molecular complexity index is 570. The standard InChI is InChI=1S/C13H16N2O6/c1-7(2)11(13(17)18)14-12(16)9-6-8(15(19)20)4-5-10(9)21-3/h4-7,11H,1-3H3,(H,14,16)(H,17,18)/t11-/m0/s1. The Hall–Kier alpha value is -2.64. The summed E-state index contributed by atoms with van der Waals surface area (Å²) in [5.41, 5.74) is -0.365. The first kappa shape index (κ1) is 16.4. The van der Waals surface area contributed by atoms with Crippen LogP contribution < -0.4 is 10.1 Å². The third-order valence-electron chi connectivity index (χ3n) is 2.86. The molecule has 8 heteroatoms. The van der Waals surface area contributed by atoms with Crippen LogP contribution in [0.1, 0.15) is 24.2 Å². The number of rotatable bonds is 6. The van der Waals surface area contributed by atoms with E-state index in [1.54, 1.807) is 13.8 Å². The second-order valence-electron chi connectivity index (χ2n) is 4.68. The Labute approximate surface area is 120 Å². The number of carboxylic acids is 1. The molecule has 0 saturated heterocycles. The molecule has 0 aliphatic carbocycles. The number of amides is 1. The quantitative estimate of drug-likeness (QED) is 0.605. The van der Waals surface area contributed by atoms with Crippen LogP contribution in [0, 0.1) is 16.0 Å². The summed E-state index contributed by atoms with van der Waals surface area (Å²) in [4.78, 5) is 33.3. The molecule has 0 heterocycles. The second-order valence-corrected chi connectivity index (χ2v) is 4.68. The Morgan fingerprint density at radius 1 is 1.38 bits per heavy atom. The van der Waals surface area contributed by atoms with Crippen LogP contribution in [0.4, 0.5) is 5.69 Å². The molecule has 1 amide bonds. The van der Waals surface area contributed by atoms with Crippen molar-refractivity contribution in [2.45, 2.75) is 19.9 Å². The van der Waals surface area contributed by atoms with Gasteiger partial charge < -0.3 is 15.2 Å². The van der Waals surface area contributed by atoms with E-state index < -0.39 is 22.8 Å². The highest BCUT2D eigenvalue weighted by Crippen LogP contribution is 2.24. The van der Waals surface area contributed by atoms with Gasteiger partial charge in [0.15, 0.2) is 0 Å². The predicted molar refractivity (Wildman–Crippen MR) is 73.4 cm³/mol. The highest BCUT2D eigenvalue weighted by molar-refractivity contribution is 5.99. The van der Waals surface area contributed by atoms with E-state index in [4.69, 9.17) is 9.84 Å². The van der Waals surface area contributed by atoms with E-state index in [0.29, 0.717) is 0 Å². The van der Waals surface area contributed by atoms with Gasteiger partial charge >= 0.3 is 5.97 Å². The third-order valence-corrected chi connectivity index (χ3v) is 2.86. The number of carboxylic acid groups (broad SMARTS) is 1. The molecule has 0 radical (unpaired) electrons. The number of nitrogens with one attached hydrogen (secondary N) is 1. The molecule has 1 rings (SSSR count). The first-order valence-electron chi connectivity index (χ1n) is 6.14. The zero-order chi connectivity index (χ0) is 16.2. The molecule has 0 unspecified atom stereocenters. The van der Waals surface area contributed by atoms with E-state index in [2.05, 4.69) is 5.32 Å². The molecule has 114 valence electrons. The molecule has 1 aromatic carbocycles. The van der Waals surface area contributed by atoms with Crippen LogP contribution in [0.5, 0.6) is 5.75 Å². The van der Waals surface area contributed by atoms with Crippen LogP contribution in [0.2, 0.25) is 0 Å². The number of non-ortho nitro benzene ring substituents is 1. The van der Waals surface area contributed by atoms with Crippen LogP contribution in [-0.2, 0) is 4.79 Å². The van der Waals surface area contributed by atoms with Crippen molar-refractivity contribution >= 4 is 17.6 Å². The van der Waals surface area contributed by atoms with Crippen molar-refractivity contribution in [3.63, 3.8) is 0 Å². The van der Waals surface area contributed by atoms with Crippen LogP contribution in [-0.4, -0.2) is 35.1 Å². The number of nitro benzene ring substituents is 1. The van der Waals surface area contributed by atoms with Crippen molar-refractivity contribution in [3.05, 3.63) is 33.9 Å². The molecule has 21 heavy (non-hydrogen) atoms. The van der Waals surface area contributed by atoms with Crippen LogP contribution in [0.15, 0.2) is 18.2 Å². The molecule has 0 bridgehead atoms. The fraction of sp³-hybridized carbons (Fsp3) is 0.385. The molecular formula is C13H16N2O6. The topological polar surface area (TPSA) is 119 Å². The number of aliphatic carboxylic acids is 1. The lowest BCUT2D eigenvalue weighted by Gasteiger charge is -2.18. The Balaban J connectivity index is 3.13. The zero-order valence-electron chi connectivity index (χ0n) is 11.8. The van der Waals surface area contributed by atoms with E-state index >= 15 is 0 Å². The van der Waals surface area contributed by atoms with Gasteiger partial charge in [-0.05, 0) is 12.0 Å². The van der Waals surface area contributed by atoms with E-state index in [9.17, 15) is 19.7 Å². The Morgan fingerprint density at radius 2 is 2.00 bits per heavy atom. The third kappa shape index (κ3) is 3.91. The highest BCUT2D eigenvalue weighted by Gasteiger charge is 2.26. The number of hydrogen-bond donors (Lipinski definition) is 2. The number of methoxy groups -OCH3 is 1. The lowest BCUT2D eigenvalue weighted by Crippen LogP contribution is -2.44. The summed E-state index contributed by atoms with van der Waals surface area (Å²) in [6, 6.07) is 2.44. The molecule has 0 aromatic heterocycles. The van der Waals surface area contributed by atoms with Crippen molar-refractivity contribution in [1.82, 2.24) is 5.32 Å². The number of ether oxygens (including phenoxy) is 1. The van der Waals surface area contributed by atoms with Gasteiger partial charge in [-0.25, -0.2) is 4.79 Å². The summed E-state index contributed by atoms with van der Waals surface area (Å²) in [6.45, 7) is 3.29. The molecule has 2 N–H and O–H groups in total. The van der Waals surface area contributed by atoms with Gasteiger partial charge in [0.25, 0.3) is 11.6 Å². The minimum absolute atomic E-state index is 0.0846. The maximum absolute atomic E-state index is 12.1. The van der Waals surface area contributed by atoms with Crippen molar-refractivity contribution in [2.24, 2.45) is 5.92 Å². The van der Waals surface area contributed by atoms with Gasteiger partial charge in [0.05, 0.1) is 17.6 Å². The normalized spacial score (nSPS) is 11.8. The van der Waals surface area contributed by atoms with Gasteiger partial charge in [0, 0.05) is 12.1 Å². The minimum atomic E-state index is -1.18. The maximum atomic E-state index is 12.1. The monoisotopic (exact) mass is 296 g/mol. The van der Waals surface area contributed by atoms with Crippen molar-refractivity contribution in [2.75, 3.05) is 7.11 Å². The largest absolute Gasteiger partial charge is 0.496 e. The first-order valence-corrected chi connectivity index (χ1v) is 6.14. The van der Waals surface area contributed by atoms with Crippen LogP contribution in [0.3, 0.4) is 0 Å². The van der Waals surface area contributed by atoms with Crippen molar-refractivity contribution in [3.8, 4) is 5.75 Å². The maximum Gasteiger partial charge on any atom is 0.326 e. The summed E-state index contributed by atoms with van der Waals surface area (Å²) in [6.07, 6.45) is 0. The average Bonchev–Trinajstić information content (AvgIpc) is 2.42. The number of carbonyl (C=O) groups excluding carboxylic acids is 1. The van der Waals surface area contributed by atoms with Gasteiger partial charge in [0.1, 0.15) is 11.8 Å². The molecule has 1 aromatic rings. The minimum Gasteiger partial charge on any atom is -0.496 e. The van der Waals surface area contributed by atoms with E-state index in [1.807, 2.05) is 0 Å². The number of carbonyl (C=O) groups is 2. The number of nitrogens with zero attached hydrogens (tertiary/aromatic N) is 1. The SMILES string of the molecule is COc1ccc([N+](=O)[O-])cc1C(=O)N[C@H](C(=O)O)C(C)C. The summed E-state index contributed by atoms with van der Waals surface area (Å²) in [5.74, 6) is -2.12. The van der Waals surface area contributed by atoms with Crippen molar-refractivity contribution in [1.29, 1.82) is 0 Å². The molecule has 1 atom stereocenters.